The number of nitrogens with one attached hydrogen (secondary N) is 3. The maximum Gasteiger partial charge on any atom is 0.334 e. The van der Waals surface area contributed by atoms with E-state index in [1.807, 2.05) is 30.4 Å². The van der Waals surface area contributed by atoms with E-state index in [2.05, 4.69) is 10.6 Å². The molecule has 2 aromatic carbocycles. The van der Waals surface area contributed by atoms with E-state index >= 15 is 0 Å². The summed E-state index contributed by atoms with van der Waals surface area (Å²) in [6.07, 6.45) is -1.34. The zero-order chi connectivity index (χ0) is 20.2. The lowest BCUT2D eigenvalue weighted by atomic mass is 10.1. The van der Waals surface area contributed by atoms with Crippen molar-refractivity contribution in [3.63, 3.8) is 0 Å². The highest BCUT2D eigenvalue weighted by atomic mass is 32.2. The molecular formula is C17H17N5O5S. The molecule has 2 aliphatic rings. The predicted octanol–water partition coefficient (Wildman–Crippen LogP) is 0.154. The van der Waals surface area contributed by atoms with Crippen LogP contribution in [0.5, 0.6) is 0 Å². The molecule has 0 saturated carbocycles. The highest BCUT2D eigenvalue weighted by Crippen LogP contribution is 2.33. The van der Waals surface area contributed by atoms with Crippen LogP contribution in [0.4, 0.5) is 15.3 Å². The Balaban J connectivity index is 1.87. The molecule has 2 aliphatic heterocycles. The number of sulfonamides is 1. The Morgan fingerprint density at radius 3 is 2.36 bits per heavy atom. The Morgan fingerprint density at radius 2 is 1.64 bits per heavy atom. The van der Waals surface area contributed by atoms with Gasteiger partial charge in [0.15, 0.2) is 12.2 Å². The summed E-state index contributed by atoms with van der Waals surface area (Å²) < 4.78 is 27.3. The Hall–Kier alpha value is -3.34. The van der Waals surface area contributed by atoms with E-state index in [0.717, 1.165) is 5.69 Å². The first-order valence-electron chi connectivity index (χ1n) is 8.37. The second-order valence-electron chi connectivity index (χ2n) is 6.66. The number of rotatable bonds is 3. The van der Waals surface area contributed by atoms with Crippen LogP contribution >= 0.6 is 0 Å². The molecule has 0 bridgehead atoms. The number of amides is 5. The quantitative estimate of drug-likeness (QED) is 0.670. The van der Waals surface area contributed by atoms with Crippen LogP contribution in [0.3, 0.4) is 0 Å². The first-order chi connectivity index (χ1) is 13.2. The van der Waals surface area contributed by atoms with Crippen molar-refractivity contribution in [1.29, 1.82) is 0 Å². The molecule has 5 amide bonds. The summed E-state index contributed by atoms with van der Waals surface area (Å²) >= 11 is 0. The number of fused-ring (bicyclic) bond motifs is 2. The number of benzene rings is 2. The Morgan fingerprint density at radius 1 is 0.964 bits per heavy atom. The normalized spacial score (nSPS) is 21.8. The van der Waals surface area contributed by atoms with Crippen molar-refractivity contribution in [2.45, 2.75) is 17.1 Å². The Labute approximate surface area is 160 Å². The summed E-state index contributed by atoms with van der Waals surface area (Å²) in [4.78, 5) is 37.8. The molecule has 10 nitrogen and oxygen atoms in total. The summed E-state index contributed by atoms with van der Waals surface area (Å²) in [5, 5.41) is 7.75. The van der Waals surface area contributed by atoms with E-state index in [1.165, 1.54) is 6.07 Å². The third-order valence-corrected chi connectivity index (χ3v) is 6.55. The molecule has 11 heteroatoms. The van der Waals surface area contributed by atoms with Gasteiger partial charge in [-0.1, -0.05) is 24.3 Å². The van der Waals surface area contributed by atoms with Gasteiger partial charge >= 0.3 is 12.1 Å². The van der Waals surface area contributed by atoms with Gasteiger partial charge in [0.1, 0.15) is 0 Å². The lowest BCUT2D eigenvalue weighted by Gasteiger charge is -2.29. The number of nitrogens with zero attached hydrogens (tertiary/aromatic N) is 2. The molecule has 3 N–H and O–H groups in total. The predicted molar refractivity (Wildman–Crippen MR) is 100 cm³/mol. The summed E-state index contributed by atoms with van der Waals surface area (Å²) in [6, 6.07) is 6.93. The molecule has 0 aromatic heterocycles. The number of hydrogen-bond acceptors (Lipinski definition) is 6. The molecule has 2 fully saturated rings. The average Bonchev–Trinajstić information content (AvgIpc) is 2.97. The minimum absolute atomic E-state index is 0.0928. The van der Waals surface area contributed by atoms with Crippen molar-refractivity contribution in [1.82, 2.24) is 20.3 Å². The number of urea groups is 2. The molecule has 2 heterocycles. The fourth-order valence-electron chi connectivity index (χ4n) is 3.49. The van der Waals surface area contributed by atoms with Crippen LogP contribution in [0.1, 0.15) is 0 Å². The average molecular weight is 403 g/mol. The molecule has 2 atom stereocenters. The lowest BCUT2D eigenvalue weighted by molar-refractivity contribution is -0.123. The van der Waals surface area contributed by atoms with E-state index < -0.39 is 40.2 Å². The maximum absolute atomic E-state index is 13.4. The zero-order valence-electron chi connectivity index (χ0n) is 15.0. The van der Waals surface area contributed by atoms with Crippen molar-refractivity contribution in [2.75, 3.05) is 19.0 Å². The zero-order valence-corrected chi connectivity index (χ0v) is 15.8. The third-order valence-electron chi connectivity index (χ3n) is 4.72. The number of imide groups is 1. The van der Waals surface area contributed by atoms with Gasteiger partial charge in [-0.15, -0.1) is 0 Å². The van der Waals surface area contributed by atoms with E-state index in [-0.39, 0.29) is 4.90 Å². The Bertz CT molecular complexity index is 1130. The molecule has 2 saturated heterocycles. The van der Waals surface area contributed by atoms with Gasteiger partial charge < -0.3 is 15.5 Å². The molecule has 0 spiro atoms. The van der Waals surface area contributed by atoms with Crippen LogP contribution in [-0.2, 0) is 14.8 Å². The minimum atomic E-state index is -4.37. The van der Waals surface area contributed by atoms with Gasteiger partial charge in [0.25, 0.3) is 15.9 Å². The van der Waals surface area contributed by atoms with Crippen LogP contribution in [0.2, 0.25) is 0 Å². The fraction of sp³-hybridized carbons (Fsp3) is 0.235. The number of anilines is 1. The van der Waals surface area contributed by atoms with Crippen LogP contribution in [-0.4, -0.2) is 57.0 Å². The summed E-state index contributed by atoms with van der Waals surface area (Å²) in [7, 11) is -0.690. The van der Waals surface area contributed by atoms with Crippen molar-refractivity contribution >= 4 is 44.5 Å². The minimum Gasteiger partial charge on any atom is -0.377 e. The second-order valence-corrected chi connectivity index (χ2v) is 8.44. The standard InChI is InChI=1S/C17H17N5O5S/c1-21(2)11-7-3-6-10-9(11)5-4-8-12(10)28(26,27)22-14-13(18-17(22)25)15(23)20-16(24)19-14/h3-8,13-14H,1-2H3,(H,18,25)(H2,19,20,23,24)/t13-,14-/m0/s1. The monoisotopic (exact) mass is 403 g/mol. The molecule has 0 unspecified atom stereocenters. The van der Waals surface area contributed by atoms with Crippen LogP contribution < -0.4 is 20.9 Å². The van der Waals surface area contributed by atoms with Crippen molar-refractivity contribution in [2.24, 2.45) is 0 Å². The molecular weight excluding hydrogens is 386 g/mol. The summed E-state index contributed by atoms with van der Waals surface area (Å²) in [6.45, 7) is 0. The van der Waals surface area contributed by atoms with Gasteiger partial charge in [0.05, 0.1) is 4.90 Å². The number of hydrogen-bond donors (Lipinski definition) is 3. The van der Waals surface area contributed by atoms with E-state index in [4.69, 9.17) is 0 Å². The van der Waals surface area contributed by atoms with Crippen LogP contribution in [0, 0.1) is 0 Å². The van der Waals surface area contributed by atoms with E-state index in [9.17, 15) is 22.8 Å². The first-order valence-corrected chi connectivity index (χ1v) is 9.81. The summed E-state index contributed by atoms with van der Waals surface area (Å²) in [5.74, 6) is -0.771. The number of carbonyl (C=O) groups excluding carboxylic acids is 3. The van der Waals surface area contributed by atoms with Gasteiger partial charge in [-0.2, -0.15) is 4.31 Å². The van der Waals surface area contributed by atoms with Gasteiger partial charge in [-0.05, 0) is 12.1 Å². The maximum atomic E-state index is 13.4. The molecule has 0 aliphatic carbocycles. The molecule has 2 aromatic rings. The van der Waals surface area contributed by atoms with Gasteiger partial charge in [0.2, 0.25) is 0 Å². The first kappa shape index (κ1) is 18.0. The van der Waals surface area contributed by atoms with Crippen LogP contribution in [0.25, 0.3) is 10.8 Å². The van der Waals surface area contributed by atoms with Crippen molar-refractivity contribution < 1.29 is 22.8 Å². The molecule has 0 radical (unpaired) electrons. The summed E-state index contributed by atoms with van der Waals surface area (Å²) in [5.41, 5.74) is 0.809. The van der Waals surface area contributed by atoms with Gasteiger partial charge in [-0.25, -0.2) is 18.0 Å². The largest absolute Gasteiger partial charge is 0.377 e. The SMILES string of the molecule is CN(C)c1cccc2c(S(=O)(=O)N3C(=O)N[C@@H]4C(=O)NC(=O)N[C@H]43)cccc12. The van der Waals surface area contributed by atoms with Crippen molar-refractivity contribution in [3.05, 3.63) is 36.4 Å². The smallest absolute Gasteiger partial charge is 0.334 e. The van der Waals surface area contributed by atoms with Crippen LogP contribution in [0.15, 0.2) is 41.3 Å². The third kappa shape index (κ3) is 2.54. The highest BCUT2D eigenvalue weighted by molar-refractivity contribution is 7.90. The topological polar surface area (TPSA) is 128 Å². The Kier molecular flexibility index (Phi) is 3.93. The van der Waals surface area contributed by atoms with Gasteiger partial charge in [-0.3, -0.25) is 10.1 Å². The molecule has 4 rings (SSSR count). The number of carbonyl (C=O) groups is 3. The lowest BCUT2D eigenvalue weighted by Crippen LogP contribution is -2.65. The van der Waals surface area contributed by atoms with E-state index in [1.54, 1.807) is 24.3 Å². The van der Waals surface area contributed by atoms with Gasteiger partial charge in [0, 0.05) is 30.6 Å². The highest BCUT2D eigenvalue weighted by Gasteiger charge is 2.53. The fourth-order valence-corrected chi connectivity index (χ4v) is 5.16. The molecule has 146 valence electrons. The second kappa shape index (κ2) is 6.09. The van der Waals surface area contributed by atoms with Crippen molar-refractivity contribution in [3.8, 4) is 0 Å². The molecule has 28 heavy (non-hydrogen) atoms. The van der Waals surface area contributed by atoms with E-state index in [0.29, 0.717) is 15.1 Å².